The van der Waals surface area contributed by atoms with Crippen molar-refractivity contribution in [3.05, 3.63) is 57.2 Å². The molecular formula is C14H15Cl2N3. The van der Waals surface area contributed by atoms with E-state index in [9.17, 15) is 0 Å². The fourth-order valence-electron chi connectivity index (χ4n) is 1.93. The van der Waals surface area contributed by atoms with E-state index in [0.717, 1.165) is 16.7 Å². The minimum Gasteiger partial charge on any atom is -0.383 e. The Bertz CT molecular complexity index is 599. The molecule has 4 N–H and O–H groups in total. The van der Waals surface area contributed by atoms with Gasteiger partial charge in [0.15, 0.2) is 0 Å². The number of benzene rings is 1. The molecular weight excluding hydrogens is 281 g/mol. The smallest absolute Gasteiger partial charge is 0.128 e. The summed E-state index contributed by atoms with van der Waals surface area (Å²) in [7, 11) is 0. The Labute approximate surface area is 122 Å². The van der Waals surface area contributed by atoms with Gasteiger partial charge in [0.2, 0.25) is 0 Å². The van der Waals surface area contributed by atoms with E-state index in [1.807, 2.05) is 25.1 Å². The number of aryl methyl sites for hydroxylation is 1. The topological polar surface area (TPSA) is 64.9 Å². The monoisotopic (exact) mass is 295 g/mol. The Morgan fingerprint density at radius 2 is 1.95 bits per heavy atom. The normalized spacial score (nSPS) is 12.4. The second-order valence-corrected chi connectivity index (χ2v) is 5.36. The third kappa shape index (κ3) is 3.38. The van der Waals surface area contributed by atoms with Crippen LogP contribution >= 0.6 is 23.2 Å². The summed E-state index contributed by atoms with van der Waals surface area (Å²) in [5.74, 6) is 0.471. The van der Waals surface area contributed by atoms with Crippen LogP contribution in [0.25, 0.3) is 0 Å². The molecule has 0 radical (unpaired) electrons. The minimum absolute atomic E-state index is 0.218. The molecule has 0 fully saturated rings. The Hall–Kier alpha value is -1.29. The number of nitrogens with two attached hydrogens (primary N) is 2. The van der Waals surface area contributed by atoms with Gasteiger partial charge in [0.05, 0.1) is 10.0 Å². The first-order valence-corrected chi connectivity index (χ1v) is 6.64. The SMILES string of the molecule is Cc1cnc(N)c(C(N)Cc2ccc(Cl)c(Cl)c2)c1. The molecule has 0 spiro atoms. The van der Waals surface area contributed by atoms with Gasteiger partial charge in [0.1, 0.15) is 5.82 Å². The van der Waals surface area contributed by atoms with Gasteiger partial charge < -0.3 is 11.5 Å². The van der Waals surface area contributed by atoms with Crippen molar-refractivity contribution in [2.45, 2.75) is 19.4 Å². The Balaban J connectivity index is 2.22. The predicted molar refractivity (Wildman–Crippen MR) is 80.5 cm³/mol. The van der Waals surface area contributed by atoms with Gasteiger partial charge in [0, 0.05) is 17.8 Å². The highest BCUT2D eigenvalue weighted by atomic mass is 35.5. The van der Waals surface area contributed by atoms with Gasteiger partial charge in [-0.2, -0.15) is 0 Å². The number of rotatable bonds is 3. The third-order valence-corrected chi connectivity index (χ3v) is 3.66. The maximum absolute atomic E-state index is 6.19. The molecule has 0 bridgehead atoms. The highest BCUT2D eigenvalue weighted by Gasteiger charge is 2.12. The number of anilines is 1. The summed E-state index contributed by atoms with van der Waals surface area (Å²) >= 11 is 11.9. The summed E-state index contributed by atoms with van der Waals surface area (Å²) < 4.78 is 0. The van der Waals surface area contributed by atoms with Crippen LogP contribution in [0.5, 0.6) is 0 Å². The standard InChI is InChI=1S/C14H15Cl2N3/c1-8-4-10(14(18)19-7-8)13(17)6-9-2-3-11(15)12(16)5-9/h2-5,7,13H,6,17H2,1H3,(H2,18,19). The van der Waals surface area contributed by atoms with Gasteiger partial charge in [-0.1, -0.05) is 29.3 Å². The van der Waals surface area contributed by atoms with Crippen LogP contribution in [0.3, 0.4) is 0 Å². The molecule has 2 rings (SSSR count). The molecule has 0 aliphatic carbocycles. The highest BCUT2D eigenvalue weighted by Crippen LogP contribution is 2.26. The number of halogens is 2. The summed E-state index contributed by atoms with van der Waals surface area (Å²) in [5, 5.41) is 1.07. The van der Waals surface area contributed by atoms with E-state index in [2.05, 4.69) is 4.98 Å². The lowest BCUT2D eigenvalue weighted by Crippen LogP contribution is -2.16. The predicted octanol–water partition coefficient (Wildman–Crippen LogP) is 3.52. The molecule has 0 aliphatic heterocycles. The van der Waals surface area contributed by atoms with E-state index in [1.165, 1.54) is 0 Å². The summed E-state index contributed by atoms with van der Waals surface area (Å²) in [5.41, 5.74) is 15.0. The molecule has 1 aromatic heterocycles. The number of nitrogen functional groups attached to an aromatic ring is 1. The molecule has 0 amide bonds. The van der Waals surface area contributed by atoms with Crippen molar-refractivity contribution in [1.29, 1.82) is 0 Å². The second-order valence-electron chi connectivity index (χ2n) is 4.55. The van der Waals surface area contributed by atoms with Gasteiger partial charge >= 0.3 is 0 Å². The molecule has 1 aromatic carbocycles. The highest BCUT2D eigenvalue weighted by molar-refractivity contribution is 6.42. The fourth-order valence-corrected chi connectivity index (χ4v) is 2.25. The quantitative estimate of drug-likeness (QED) is 0.910. The third-order valence-electron chi connectivity index (χ3n) is 2.93. The summed E-state index contributed by atoms with van der Waals surface area (Å²) in [6.45, 7) is 1.96. The lowest BCUT2D eigenvalue weighted by molar-refractivity contribution is 0.720. The van der Waals surface area contributed by atoms with E-state index in [1.54, 1.807) is 12.3 Å². The zero-order chi connectivity index (χ0) is 14.0. The van der Waals surface area contributed by atoms with Gasteiger partial charge in [-0.3, -0.25) is 0 Å². The molecule has 0 aliphatic rings. The molecule has 2 aromatic rings. The molecule has 1 unspecified atom stereocenters. The zero-order valence-corrected chi connectivity index (χ0v) is 12.0. The van der Waals surface area contributed by atoms with Crippen LogP contribution in [0.2, 0.25) is 10.0 Å². The molecule has 19 heavy (non-hydrogen) atoms. The summed E-state index contributed by atoms with van der Waals surface area (Å²) in [6.07, 6.45) is 2.36. The molecule has 3 nitrogen and oxygen atoms in total. The summed E-state index contributed by atoms with van der Waals surface area (Å²) in [6, 6.07) is 7.25. The Morgan fingerprint density at radius 3 is 2.63 bits per heavy atom. The average molecular weight is 296 g/mol. The van der Waals surface area contributed by atoms with Crippen LogP contribution in [0.4, 0.5) is 5.82 Å². The molecule has 0 saturated carbocycles. The van der Waals surface area contributed by atoms with Gasteiger partial charge in [-0.15, -0.1) is 0 Å². The van der Waals surface area contributed by atoms with Crippen molar-refractivity contribution in [2.75, 3.05) is 5.73 Å². The van der Waals surface area contributed by atoms with Crippen LogP contribution in [0.15, 0.2) is 30.5 Å². The van der Waals surface area contributed by atoms with E-state index in [-0.39, 0.29) is 6.04 Å². The van der Waals surface area contributed by atoms with Gasteiger partial charge in [0.25, 0.3) is 0 Å². The van der Waals surface area contributed by atoms with Gasteiger partial charge in [-0.05, 0) is 42.7 Å². The number of hydrogen-bond donors (Lipinski definition) is 2. The first kappa shape index (κ1) is 14.1. The largest absolute Gasteiger partial charge is 0.383 e. The number of pyridine rings is 1. The maximum atomic E-state index is 6.19. The minimum atomic E-state index is -0.218. The van der Waals surface area contributed by atoms with E-state index < -0.39 is 0 Å². The van der Waals surface area contributed by atoms with Crippen molar-refractivity contribution in [2.24, 2.45) is 5.73 Å². The van der Waals surface area contributed by atoms with Crippen molar-refractivity contribution >= 4 is 29.0 Å². The van der Waals surface area contributed by atoms with Crippen molar-refractivity contribution in [3.8, 4) is 0 Å². The van der Waals surface area contributed by atoms with E-state index in [0.29, 0.717) is 22.3 Å². The van der Waals surface area contributed by atoms with Crippen LogP contribution in [-0.4, -0.2) is 4.98 Å². The maximum Gasteiger partial charge on any atom is 0.128 e. The van der Waals surface area contributed by atoms with Crippen LogP contribution < -0.4 is 11.5 Å². The van der Waals surface area contributed by atoms with Crippen molar-refractivity contribution in [3.63, 3.8) is 0 Å². The molecule has 1 atom stereocenters. The van der Waals surface area contributed by atoms with Crippen molar-refractivity contribution < 1.29 is 0 Å². The number of hydrogen-bond acceptors (Lipinski definition) is 3. The first-order valence-electron chi connectivity index (χ1n) is 5.89. The Morgan fingerprint density at radius 1 is 1.21 bits per heavy atom. The fraction of sp³-hybridized carbons (Fsp3) is 0.214. The van der Waals surface area contributed by atoms with Crippen molar-refractivity contribution in [1.82, 2.24) is 4.98 Å². The zero-order valence-electron chi connectivity index (χ0n) is 10.5. The van der Waals surface area contributed by atoms with Gasteiger partial charge in [-0.25, -0.2) is 4.98 Å². The van der Waals surface area contributed by atoms with E-state index in [4.69, 9.17) is 34.7 Å². The van der Waals surface area contributed by atoms with Crippen LogP contribution in [-0.2, 0) is 6.42 Å². The lowest BCUT2D eigenvalue weighted by Gasteiger charge is -2.15. The molecule has 0 saturated heterocycles. The summed E-state index contributed by atoms with van der Waals surface area (Å²) in [4.78, 5) is 4.12. The van der Waals surface area contributed by atoms with Crippen LogP contribution in [0.1, 0.15) is 22.7 Å². The number of nitrogens with zero attached hydrogens (tertiary/aromatic N) is 1. The molecule has 5 heteroatoms. The molecule has 1 heterocycles. The number of aromatic nitrogens is 1. The van der Waals surface area contributed by atoms with Crippen LogP contribution in [0, 0.1) is 6.92 Å². The van der Waals surface area contributed by atoms with E-state index >= 15 is 0 Å². The lowest BCUT2D eigenvalue weighted by atomic mass is 9.99. The Kier molecular flexibility index (Phi) is 4.30. The molecule has 100 valence electrons. The average Bonchev–Trinajstić information content (AvgIpc) is 2.36. The second kappa shape index (κ2) is 5.78. The first-order chi connectivity index (χ1) is 8.97.